The molecule has 4 N–H and O–H groups in total. The minimum absolute atomic E-state index is 0.0441. The van der Waals surface area contributed by atoms with E-state index in [1.54, 1.807) is 13.8 Å². The van der Waals surface area contributed by atoms with E-state index in [0.29, 0.717) is 30.4 Å². The van der Waals surface area contributed by atoms with Crippen LogP contribution in [0.25, 0.3) is 0 Å². The van der Waals surface area contributed by atoms with Crippen molar-refractivity contribution in [1.29, 1.82) is 0 Å². The average molecular weight is 533 g/mol. The molecule has 0 radical (unpaired) electrons. The maximum Gasteiger partial charge on any atom is 0.306 e. The number of rotatable bonds is 6. The van der Waals surface area contributed by atoms with Crippen LogP contribution in [-0.4, -0.2) is 62.1 Å². The van der Waals surface area contributed by atoms with Gasteiger partial charge in [-0.1, -0.05) is 41.5 Å². The molecule has 4 aliphatic rings. The van der Waals surface area contributed by atoms with Crippen LogP contribution in [0.2, 0.25) is 0 Å². The Bertz CT molecular complexity index is 1110. The van der Waals surface area contributed by atoms with Crippen LogP contribution >= 0.6 is 0 Å². The molecule has 8 nitrogen and oxygen atoms in total. The molecule has 0 unspecified atom stereocenters. The predicted octanol–water partition coefficient (Wildman–Crippen LogP) is 3.10. The lowest BCUT2D eigenvalue weighted by Gasteiger charge is -2.62. The number of hydrogen-bond donors (Lipinski definition) is 4. The average Bonchev–Trinajstić information content (AvgIpc) is 3.03. The van der Waals surface area contributed by atoms with Gasteiger partial charge in [-0.3, -0.25) is 19.2 Å². The van der Waals surface area contributed by atoms with E-state index in [0.717, 1.165) is 0 Å². The van der Waals surface area contributed by atoms with E-state index in [4.69, 9.17) is 0 Å². The number of carboxylic acids is 1. The van der Waals surface area contributed by atoms with Crippen LogP contribution in [0, 0.1) is 45.3 Å². The lowest BCUT2D eigenvalue weighted by atomic mass is 9.42. The number of fused-ring (bicyclic) bond motifs is 4. The Morgan fingerprint density at radius 2 is 1.61 bits per heavy atom. The lowest BCUT2D eigenvalue weighted by molar-refractivity contribution is -0.159. The molecule has 4 aliphatic carbocycles. The van der Waals surface area contributed by atoms with Gasteiger partial charge < -0.3 is 20.4 Å². The molecule has 0 saturated heterocycles. The number of carbonyl (C=O) groups is 4. The summed E-state index contributed by atoms with van der Waals surface area (Å²) in [6.45, 7) is 12.7. The highest BCUT2D eigenvalue weighted by molar-refractivity contribution is 6.07. The maximum atomic E-state index is 14.1. The fourth-order valence-corrected chi connectivity index (χ4v) is 9.13. The second-order valence-corrected chi connectivity index (χ2v) is 14.0. The first-order chi connectivity index (χ1) is 17.4. The smallest absolute Gasteiger partial charge is 0.306 e. The van der Waals surface area contributed by atoms with Gasteiger partial charge in [0.1, 0.15) is 17.7 Å². The summed E-state index contributed by atoms with van der Waals surface area (Å²) in [7, 11) is 0. The van der Waals surface area contributed by atoms with E-state index in [-0.39, 0.29) is 42.7 Å². The highest BCUT2D eigenvalue weighted by Crippen LogP contribution is 2.70. The van der Waals surface area contributed by atoms with Crippen LogP contribution in [0.5, 0.6) is 0 Å². The van der Waals surface area contributed by atoms with Gasteiger partial charge in [-0.15, -0.1) is 0 Å². The third-order valence-electron chi connectivity index (χ3n) is 11.7. The molecular weight excluding hydrogens is 488 g/mol. The largest absolute Gasteiger partial charge is 0.481 e. The van der Waals surface area contributed by atoms with Crippen LogP contribution in [0.15, 0.2) is 11.1 Å². The first kappa shape index (κ1) is 29.1. The quantitative estimate of drug-likeness (QED) is 0.408. The van der Waals surface area contributed by atoms with Crippen molar-refractivity contribution < 1.29 is 39.6 Å². The SMILES string of the molecule is C[C@H](CC(=O)C[C@@H](C)[C@H]1CC(=O)[C@@]2(C)C3=C(C(=O)[C@@H](O)[C@]12C)[C@@]1(C)CC[C@H](O)C(C)(C)[C@H]1C[C@@H]3O)C(=O)O. The van der Waals surface area contributed by atoms with Crippen LogP contribution in [0.4, 0.5) is 0 Å². The Labute approximate surface area is 224 Å². The van der Waals surface area contributed by atoms with Gasteiger partial charge in [0.2, 0.25) is 0 Å². The summed E-state index contributed by atoms with van der Waals surface area (Å²) in [5, 5.41) is 43.3. The second-order valence-electron chi connectivity index (χ2n) is 14.0. The third kappa shape index (κ3) is 3.66. The minimum atomic E-state index is -1.49. The summed E-state index contributed by atoms with van der Waals surface area (Å²) in [6.07, 6.45) is -1.84. The Morgan fingerprint density at radius 1 is 1.00 bits per heavy atom. The van der Waals surface area contributed by atoms with E-state index in [1.807, 2.05) is 27.7 Å². The summed E-state index contributed by atoms with van der Waals surface area (Å²) in [4.78, 5) is 52.0. The Morgan fingerprint density at radius 3 is 2.18 bits per heavy atom. The molecule has 8 heteroatoms. The molecule has 4 rings (SSSR count). The van der Waals surface area contributed by atoms with Crippen molar-refractivity contribution in [2.24, 2.45) is 45.3 Å². The standard InChI is InChI=1S/C30H44O8/c1-14(10-16(31)11-15(2)26(37)38)17-12-21(34)30(7)22-18(32)13-19-27(3,4)20(33)8-9-28(19,5)23(22)24(35)25(36)29(17,30)6/h14-15,17-20,25,32-33,36H,8-13H2,1-7H3,(H,37,38)/t14-,15-,17-,18+,19-,20+,25-,28+,29+,30+/m1/s1. The van der Waals surface area contributed by atoms with Gasteiger partial charge in [-0.25, -0.2) is 0 Å². The number of aliphatic carboxylic acids is 1. The zero-order valence-corrected chi connectivity index (χ0v) is 23.7. The molecule has 0 spiro atoms. The number of ketones is 3. The van der Waals surface area contributed by atoms with Crippen molar-refractivity contribution in [1.82, 2.24) is 0 Å². The maximum absolute atomic E-state index is 14.1. The molecule has 212 valence electrons. The summed E-state index contributed by atoms with van der Waals surface area (Å²) < 4.78 is 0. The summed E-state index contributed by atoms with van der Waals surface area (Å²) in [5.41, 5.74) is -3.00. The number of carbonyl (C=O) groups excluding carboxylic acids is 3. The van der Waals surface area contributed by atoms with Gasteiger partial charge in [0.25, 0.3) is 0 Å². The Kier molecular flexibility index (Phi) is 6.94. The van der Waals surface area contributed by atoms with E-state index < -0.39 is 63.6 Å². The van der Waals surface area contributed by atoms with Gasteiger partial charge in [0.15, 0.2) is 5.78 Å². The molecular formula is C30H44O8. The number of aliphatic hydroxyl groups excluding tert-OH is 3. The molecule has 0 heterocycles. The summed E-state index contributed by atoms with van der Waals surface area (Å²) >= 11 is 0. The number of aliphatic hydroxyl groups is 3. The molecule has 0 bridgehead atoms. The molecule has 0 aliphatic heterocycles. The van der Waals surface area contributed by atoms with Gasteiger partial charge in [0, 0.05) is 30.3 Å². The number of carboxylic acid groups (broad SMARTS) is 1. The van der Waals surface area contributed by atoms with Crippen LogP contribution in [0.3, 0.4) is 0 Å². The van der Waals surface area contributed by atoms with E-state index in [2.05, 4.69) is 0 Å². The highest BCUT2D eigenvalue weighted by atomic mass is 16.4. The van der Waals surface area contributed by atoms with Crippen molar-refractivity contribution >= 4 is 23.3 Å². The highest BCUT2D eigenvalue weighted by Gasteiger charge is 2.73. The van der Waals surface area contributed by atoms with Crippen LogP contribution in [0.1, 0.15) is 87.0 Å². The number of Topliss-reactive ketones (excluding diaryl/α,β-unsaturated/α-hetero) is 3. The monoisotopic (exact) mass is 532 g/mol. The molecule has 2 saturated carbocycles. The Balaban J connectivity index is 1.79. The molecule has 0 amide bonds. The molecule has 0 aromatic heterocycles. The summed E-state index contributed by atoms with van der Waals surface area (Å²) in [6, 6.07) is 0. The third-order valence-corrected chi connectivity index (χ3v) is 11.7. The molecule has 0 aromatic carbocycles. The van der Waals surface area contributed by atoms with E-state index in [1.165, 1.54) is 6.92 Å². The minimum Gasteiger partial charge on any atom is -0.481 e. The van der Waals surface area contributed by atoms with Crippen molar-refractivity contribution in [3.8, 4) is 0 Å². The molecule has 38 heavy (non-hydrogen) atoms. The van der Waals surface area contributed by atoms with Crippen LogP contribution < -0.4 is 0 Å². The predicted molar refractivity (Wildman–Crippen MR) is 139 cm³/mol. The molecule has 10 atom stereocenters. The molecule has 2 fully saturated rings. The topological polar surface area (TPSA) is 149 Å². The normalized spacial score (nSPS) is 43.7. The summed E-state index contributed by atoms with van der Waals surface area (Å²) in [5.74, 6) is -3.81. The fourth-order valence-electron chi connectivity index (χ4n) is 9.13. The van der Waals surface area contributed by atoms with E-state index in [9.17, 15) is 39.6 Å². The zero-order chi connectivity index (χ0) is 28.7. The second kappa shape index (κ2) is 9.07. The van der Waals surface area contributed by atoms with E-state index >= 15 is 0 Å². The first-order valence-corrected chi connectivity index (χ1v) is 14.0. The van der Waals surface area contributed by atoms with Gasteiger partial charge in [0.05, 0.1) is 23.5 Å². The van der Waals surface area contributed by atoms with Crippen molar-refractivity contribution in [3.05, 3.63) is 11.1 Å². The van der Waals surface area contributed by atoms with Crippen LogP contribution in [-0.2, 0) is 19.2 Å². The van der Waals surface area contributed by atoms with Gasteiger partial charge >= 0.3 is 5.97 Å². The van der Waals surface area contributed by atoms with Crippen molar-refractivity contribution in [3.63, 3.8) is 0 Å². The number of hydrogen-bond acceptors (Lipinski definition) is 7. The Hall–Kier alpha value is -1.90. The van der Waals surface area contributed by atoms with Crippen molar-refractivity contribution in [2.45, 2.75) is 105 Å². The zero-order valence-electron chi connectivity index (χ0n) is 23.7. The first-order valence-electron chi connectivity index (χ1n) is 14.0. The lowest BCUT2D eigenvalue weighted by Crippen LogP contribution is -2.64. The fraction of sp³-hybridized carbons (Fsp3) is 0.800. The van der Waals surface area contributed by atoms with Gasteiger partial charge in [-0.2, -0.15) is 0 Å². The van der Waals surface area contributed by atoms with Gasteiger partial charge in [-0.05, 0) is 60.3 Å². The molecule has 0 aromatic rings. The van der Waals surface area contributed by atoms with Crippen molar-refractivity contribution in [2.75, 3.05) is 0 Å².